The summed E-state index contributed by atoms with van der Waals surface area (Å²) in [5, 5.41) is 2.82. The SMILES string of the molecule is CN1CCN(CCOCCOc2ccc3ccccc3c2Cl)CC1.Cl. The van der Waals surface area contributed by atoms with Gasteiger partial charge in [-0.3, -0.25) is 4.90 Å². The molecule has 1 aliphatic heterocycles. The molecule has 1 aliphatic rings. The molecular weight excluding hydrogens is 359 g/mol. The molecule has 25 heavy (non-hydrogen) atoms. The van der Waals surface area contributed by atoms with E-state index in [1.807, 2.05) is 36.4 Å². The van der Waals surface area contributed by atoms with Gasteiger partial charge in [0.2, 0.25) is 0 Å². The molecule has 4 nitrogen and oxygen atoms in total. The molecule has 0 unspecified atom stereocenters. The fraction of sp³-hybridized carbons (Fsp3) is 0.474. The Morgan fingerprint density at radius 1 is 0.960 bits per heavy atom. The summed E-state index contributed by atoms with van der Waals surface area (Å²) >= 11 is 6.42. The Morgan fingerprint density at radius 3 is 2.52 bits per heavy atom. The van der Waals surface area contributed by atoms with Crippen molar-refractivity contribution in [3.63, 3.8) is 0 Å². The van der Waals surface area contributed by atoms with Crippen LogP contribution in [-0.2, 0) is 4.74 Å². The van der Waals surface area contributed by atoms with E-state index in [1.54, 1.807) is 0 Å². The van der Waals surface area contributed by atoms with Gasteiger partial charge in [-0.05, 0) is 18.5 Å². The fourth-order valence-corrected chi connectivity index (χ4v) is 3.19. The molecule has 6 heteroatoms. The number of rotatable bonds is 7. The normalized spacial score (nSPS) is 15.9. The van der Waals surface area contributed by atoms with E-state index in [-0.39, 0.29) is 12.4 Å². The zero-order valence-corrected chi connectivity index (χ0v) is 16.2. The van der Waals surface area contributed by atoms with Gasteiger partial charge < -0.3 is 14.4 Å². The number of fused-ring (bicyclic) bond motifs is 1. The molecule has 1 fully saturated rings. The Morgan fingerprint density at radius 2 is 1.72 bits per heavy atom. The molecule has 0 N–H and O–H groups in total. The molecule has 0 saturated carbocycles. The third-order valence-electron chi connectivity index (χ3n) is 4.46. The minimum Gasteiger partial charge on any atom is -0.490 e. The largest absolute Gasteiger partial charge is 0.490 e. The molecule has 0 radical (unpaired) electrons. The lowest BCUT2D eigenvalue weighted by Crippen LogP contribution is -2.45. The predicted molar refractivity (Wildman–Crippen MR) is 106 cm³/mol. The van der Waals surface area contributed by atoms with Gasteiger partial charge >= 0.3 is 0 Å². The Balaban J connectivity index is 0.00000225. The first-order valence-corrected chi connectivity index (χ1v) is 8.90. The second-order valence-electron chi connectivity index (χ2n) is 6.20. The Bertz CT molecular complexity index is 661. The molecule has 138 valence electrons. The highest BCUT2D eigenvalue weighted by Crippen LogP contribution is 2.32. The van der Waals surface area contributed by atoms with E-state index in [4.69, 9.17) is 21.1 Å². The van der Waals surface area contributed by atoms with Gasteiger partial charge in [-0.2, -0.15) is 0 Å². The van der Waals surface area contributed by atoms with Crippen LogP contribution in [0.2, 0.25) is 5.02 Å². The summed E-state index contributed by atoms with van der Waals surface area (Å²) < 4.78 is 11.5. The van der Waals surface area contributed by atoms with Crippen molar-refractivity contribution in [3.05, 3.63) is 41.4 Å². The van der Waals surface area contributed by atoms with Gasteiger partial charge in [0.25, 0.3) is 0 Å². The molecule has 0 aromatic heterocycles. The van der Waals surface area contributed by atoms with Crippen molar-refractivity contribution in [1.29, 1.82) is 0 Å². The van der Waals surface area contributed by atoms with E-state index in [0.717, 1.165) is 55.9 Å². The third kappa shape index (κ3) is 5.73. The summed E-state index contributed by atoms with van der Waals surface area (Å²) in [6.45, 7) is 7.38. The van der Waals surface area contributed by atoms with Gasteiger partial charge in [-0.25, -0.2) is 0 Å². The van der Waals surface area contributed by atoms with Gasteiger partial charge in [0.15, 0.2) is 0 Å². The Kier molecular flexibility index (Phi) is 8.27. The van der Waals surface area contributed by atoms with Gasteiger partial charge in [-0.1, -0.05) is 41.9 Å². The number of nitrogens with zero attached hydrogens (tertiary/aromatic N) is 2. The van der Waals surface area contributed by atoms with Crippen LogP contribution >= 0.6 is 24.0 Å². The van der Waals surface area contributed by atoms with Gasteiger partial charge in [0.1, 0.15) is 12.4 Å². The van der Waals surface area contributed by atoms with E-state index in [1.165, 1.54) is 0 Å². The summed E-state index contributed by atoms with van der Waals surface area (Å²) in [5.41, 5.74) is 0. The van der Waals surface area contributed by atoms with Crippen molar-refractivity contribution in [3.8, 4) is 5.75 Å². The Hall–Kier alpha value is -1.04. The maximum absolute atomic E-state index is 6.42. The van der Waals surface area contributed by atoms with Crippen molar-refractivity contribution in [1.82, 2.24) is 9.80 Å². The number of piperazine rings is 1. The highest BCUT2D eigenvalue weighted by atomic mass is 35.5. The van der Waals surface area contributed by atoms with Gasteiger partial charge in [-0.15, -0.1) is 12.4 Å². The first-order valence-electron chi connectivity index (χ1n) is 8.53. The molecule has 0 amide bonds. The lowest BCUT2D eigenvalue weighted by molar-refractivity contribution is 0.0658. The summed E-state index contributed by atoms with van der Waals surface area (Å²) in [6.07, 6.45) is 0. The van der Waals surface area contributed by atoms with Gasteiger partial charge in [0, 0.05) is 38.1 Å². The fourth-order valence-electron chi connectivity index (χ4n) is 2.90. The topological polar surface area (TPSA) is 24.9 Å². The number of hydrogen-bond acceptors (Lipinski definition) is 4. The van der Waals surface area contributed by atoms with E-state index >= 15 is 0 Å². The van der Waals surface area contributed by atoms with E-state index in [2.05, 4.69) is 16.8 Å². The monoisotopic (exact) mass is 384 g/mol. The second kappa shape index (κ2) is 10.2. The molecule has 0 bridgehead atoms. The maximum Gasteiger partial charge on any atom is 0.138 e. The van der Waals surface area contributed by atoms with Crippen molar-refractivity contribution in [2.75, 3.05) is 59.6 Å². The van der Waals surface area contributed by atoms with E-state index in [9.17, 15) is 0 Å². The molecular formula is C19H26Cl2N2O2. The first-order chi connectivity index (χ1) is 11.7. The smallest absolute Gasteiger partial charge is 0.138 e. The average molecular weight is 385 g/mol. The Labute approximate surface area is 161 Å². The molecule has 1 heterocycles. The van der Waals surface area contributed by atoms with Crippen LogP contribution in [0.15, 0.2) is 36.4 Å². The van der Waals surface area contributed by atoms with Crippen molar-refractivity contribution >= 4 is 34.8 Å². The highest BCUT2D eigenvalue weighted by molar-refractivity contribution is 6.37. The van der Waals surface area contributed by atoms with Crippen molar-refractivity contribution < 1.29 is 9.47 Å². The lowest BCUT2D eigenvalue weighted by atomic mass is 10.1. The van der Waals surface area contributed by atoms with Crippen LogP contribution in [0.1, 0.15) is 0 Å². The van der Waals surface area contributed by atoms with Crippen molar-refractivity contribution in [2.45, 2.75) is 0 Å². The summed E-state index contributed by atoms with van der Waals surface area (Å²) in [7, 11) is 2.17. The average Bonchev–Trinajstić information content (AvgIpc) is 2.61. The van der Waals surface area contributed by atoms with Crippen LogP contribution in [0, 0.1) is 0 Å². The molecule has 1 saturated heterocycles. The number of halogens is 2. The summed E-state index contributed by atoms with van der Waals surface area (Å²) in [5.74, 6) is 0.720. The van der Waals surface area contributed by atoms with Crippen LogP contribution in [0.5, 0.6) is 5.75 Å². The lowest BCUT2D eigenvalue weighted by Gasteiger charge is -2.32. The molecule has 0 aliphatic carbocycles. The number of likely N-dealkylation sites (N-methyl/N-ethyl adjacent to an activating group) is 1. The highest BCUT2D eigenvalue weighted by Gasteiger charge is 2.12. The standard InChI is InChI=1S/C19H25ClN2O2.ClH/c1-21-8-10-22(11-9-21)12-13-23-14-15-24-18-7-6-16-4-2-3-5-17(16)19(18)20;/h2-7H,8-15H2,1H3;1H. The zero-order chi connectivity index (χ0) is 16.8. The zero-order valence-electron chi connectivity index (χ0n) is 14.6. The van der Waals surface area contributed by atoms with Crippen LogP contribution in [0.3, 0.4) is 0 Å². The van der Waals surface area contributed by atoms with E-state index < -0.39 is 0 Å². The second-order valence-corrected chi connectivity index (χ2v) is 6.58. The van der Waals surface area contributed by atoms with Crippen LogP contribution in [-0.4, -0.2) is 69.4 Å². The minimum atomic E-state index is 0. The molecule has 3 rings (SSSR count). The van der Waals surface area contributed by atoms with Crippen LogP contribution in [0.25, 0.3) is 10.8 Å². The number of ether oxygens (including phenoxy) is 2. The van der Waals surface area contributed by atoms with Crippen LogP contribution < -0.4 is 4.74 Å². The molecule has 0 spiro atoms. The number of hydrogen-bond donors (Lipinski definition) is 0. The molecule has 2 aromatic carbocycles. The third-order valence-corrected chi connectivity index (χ3v) is 4.85. The van der Waals surface area contributed by atoms with Crippen LogP contribution in [0.4, 0.5) is 0 Å². The van der Waals surface area contributed by atoms with Gasteiger partial charge in [0.05, 0.1) is 18.2 Å². The number of benzene rings is 2. The first kappa shape index (κ1) is 20.3. The maximum atomic E-state index is 6.42. The predicted octanol–water partition coefficient (Wildman–Crippen LogP) is 3.56. The minimum absolute atomic E-state index is 0. The summed E-state index contributed by atoms with van der Waals surface area (Å²) in [4.78, 5) is 4.81. The van der Waals surface area contributed by atoms with Crippen molar-refractivity contribution in [2.24, 2.45) is 0 Å². The van der Waals surface area contributed by atoms with E-state index in [0.29, 0.717) is 18.2 Å². The summed E-state index contributed by atoms with van der Waals surface area (Å²) in [6, 6.07) is 12.0. The quantitative estimate of drug-likeness (QED) is 0.681. The molecule has 0 atom stereocenters. The molecule has 2 aromatic rings.